The Morgan fingerprint density at radius 1 is 0.905 bits per heavy atom. The SMILES string of the molecule is O=CCC(O)c1ccc2c(c1)C(=O)c1ccccc1C2=O. The zero-order valence-electron chi connectivity index (χ0n) is 11.1. The number of benzene rings is 2. The summed E-state index contributed by atoms with van der Waals surface area (Å²) in [6, 6.07) is 11.3. The fourth-order valence-electron chi connectivity index (χ4n) is 2.55. The van der Waals surface area contributed by atoms with Crippen LogP contribution in [0.5, 0.6) is 0 Å². The van der Waals surface area contributed by atoms with Crippen LogP contribution in [0.15, 0.2) is 42.5 Å². The molecule has 0 saturated heterocycles. The van der Waals surface area contributed by atoms with Crippen LogP contribution in [-0.2, 0) is 4.79 Å². The minimum absolute atomic E-state index is 0.0441. The average molecular weight is 280 g/mol. The normalized spacial score (nSPS) is 14.3. The largest absolute Gasteiger partial charge is 0.388 e. The van der Waals surface area contributed by atoms with Crippen molar-refractivity contribution in [2.75, 3.05) is 0 Å². The van der Waals surface area contributed by atoms with Crippen LogP contribution in [0.1, 0.15) is 49.9 Å². The fourth-order valence-corrected chi connectivity index (χ4v) is 2.55. The van der Waals surface area contributed by atoms with Gasteiger partial charge in [0.25, 0.3) is 0 Å². The second-order valence-corrected chi connectivity index (χ2v) is 4.93. The standard InChI is InChI=1S/C17H12O4/c18-8-7-15(19)10-5-6-13-14(9-10)17(21)12-4-2-1-3-11(12)16(13)20/h1-6,8-9,15,19H,7H2. The number of aliphatic hydroxyl groups is 1. The lowest BCUT2D eigenvalue weighted by Crippen LogP contribution is -2.21. The molecule has 2 aromatic rings. The van der Waals surface area contributed by atoms with Crippen LogP contribution in [0.25, 0.3) is 0 Å². The number of aliphatic hydroxyl groups excluding tert-OH is 1. The van der Waals surface area contributed by atoms with Crippen LogP contribution >= 0.6 is 0 Å². The quantitative estimate of drug-likeness (QED) is 0.746. The number of fused-ring (bicyclic) bond motifs is 2. The molecule has 0 aliphatic heterocycles. The van der Waals surface area contributed by atoms with Crippen molar-refractivity contribution in [3.05, 3.63) is 70.3 Å². The third kappa shape index (κ3) is 2.10. The van der Waals surface area contributed by atoms with E-state index in [9.17, 15) is 19.5 Å². The van der Waals surface area contributed by atoms with Gasteiger partial charge in [-0.05, 0) is 17.7 Å². The number of carbonyl (C=O) groups is 3. The number of rotatable bonds is 3. The molecule has 21 heavy (non-hydrogen) atoms. The molecule has 0 heterocycles. The minimum Gasteiger partial charge on any atom is -0.388 e. The molecule has 1 unspecified atom stereocenters. The summed E-state index contributed by atoms with van der Waals surface area (Å²) in [6.07, 6.45) is -0.392. The first-order chi connectivity index (χ1) is 10.1. The summed E-state index contributed by atoms with van der Waals surface area (Å²) < 4.78 is 0. The van der Waals surface area contributed by atoms with Gasteiger partial charge >= 0.3 is 0 Å². The molecule has 2 aromatic carbocycles. The van der Waals surface area contributed by atoms with Crippen molar-refractivity contribution < 1.29 is 19.5 Å². The number of carbonyl (C=O) groups excluding carboxylic acids is 3. The Balaban J connectivity index is 2.13. The van der Waals surface area contributed by atoms with Gasteiger partial charge in [-0.15, -0.1) is 0 Å². The van der Waals surface area contributed by atoms with Crippen LogP contribution in [0.3, 0.4) is 0 Å². The summed E-state index contributed by atoms with van der Waals surface area (Å²) in [4.78, 5) is 35.3. The minimum atomic E-state index is -0.965. The predicted molar refractivity (Wildman–Crippen MR) is 75.4 cm³/mol. The Kier molecular flexibility index (Phi) is 3.23. The van der Waals surface area contributed by atoms with E-state index in [1.165, 1.54) is 12.1 Å². The van der Waals surface area contributed by atoms with Crippen LogP contribution in [0, 0.1) is 0 Å². The molecule has 0 spiro atoms. The number of ketones is 2. The van der Waals surface area contributed by atoms with Crippen LogP contribution in [-0.4, -0.2) is 23.0 Å². The highest BCUT2D eigenvalue weighted by Gasteiger charge is 2.29. The fraction of sp³-hybridized carbons (Fsp3) is 0.118. The molecule has 104 valence electrons. The lowest BCUT2D eigenvalue weighted by Gasteiger charge is -2.19. The second kappa shape index (κ2) is 5.07. The average Bonchev–Trinajstić information content (AvgIpc) is 2.52. The lowest BCUT2D eigenvalue weighted by molar-refractivity contribution is -0.109. The van der Waals surface area contributed by atoms with Crippen molar-refractivity contribution in [3.63, 3.8) is 0 Å². The van der Waals surface area contributed by atoms with Crippen LogP contribution in [0.2, 0.25) is 0 Å². The van der Waals surface area contributed by atoms with E-state index in [1.54, 1.807) is 30.3 Å². The van der Waals surface area contributed by atoms with Crippen molar-refractivity contribution in [1.29, 1.82) is 0 Å². The van der Waals surface area contributed by atoms with E-state index in [4.69, 9.17) is 0 Å². The molecule has 4 nitrogen and oxygen atoms in total. The van der Waals surface area contributed by atoms with Crippen molar-refractivity contribution in [2.24, 2.45) is 0 Å². The lowest BCUT2D eigenvalue weighted by atomic mass is 9.83. The van der Waals surface area contributed by atoms with E-state index in [0.29, 0.717) is 28.5 Å². The molecule has 0 radical (unpaired) electrons. The van der Waals surface area contributed by atoms with E-state index in [0.717, 1.165) is 0 Å². The number of hydrogen-bond donors (Lipinski definition) is 1. The predicted octanol–water partition coefficient (Wildman–Crippen LogP) is 2.08. The highest BCUT2D eigenvalue weighted by Crippen LogP contribution is 2.29. The van der Waals surface area contributed by atoms with Gasteiger partial charge in [-0.3, -0.25) is 9.59 Å². The summed E-state index contributed by atoms with van der Waals surface area (Å²) in [6.45, 7) is 0. The van der Waals surface area contributed by atoms with Gasteiger partial charge in [0.2, 0.25) is 0 Å². The van der Waals surface area contributed by atoms with Gasteiger partial charge < -0.3 is 9.90 Å². The highest BCUT2D eigenvalue weighted by molar-refractivity contribution is 6.28. The van der Waals surface area contributed by atoms with E-state index < -0.39 is 6.10 Å². The van der Waals surface area contributed by atoms with Gasteiger partial charge in [0.05, 0.1) is 6.10 Å². The monoisotopic (exact) mass is 280 g/mol. The van der Waals surface area contributed by atoms with Crippen molar-refractivity contribution in [2.45, 2.75) is 12.5 Å². The molecule has 1 aliphatic carbocycles. The zero-order chi connectivity index (χ0) is 15.0. The van der Waals surface area contributed by atoms with Crippen LogP contribution < -0.4 is 0 Å². The molecule has 0 saturated carbocycles. The Morgan fingerprint density at radius 2 is 1.48 bits per heavy atom. The molecule has 1 N–H and O–H groups in total. The molecule has 0 fully saturated rings. The van der Waals surface area contributed by atoms with Crippen LogP contribution in [0.4, 0.5) is 0 Å². The second-order valence-electron chi connectivity index (χ2n) is 4.93. The van der Waals surface area contributed by atoms with Crippen molar-refractivity contribution in [3.8, 4) is 0 Å². The third-order valence-electron chi connectivity index (χ3n) is 3.65. The number of hydrogen-bond acceptors (Lipinski definition) is 4. The molecule has 1 atom stereocenters. The maximum absolute atomic E-state index is 12.5. The first-order valence-corrected chi connectivity index (χ1v) is 6.57. The first-order valence-electron chi connectivity index (χ1n) is 6.57. The molecule has 0 bridgehead atoms. The Morgan fingerprint density at radius 3 is 2.10 bits per heavy atom. The van der Waals surface area contributed by atoms with Gasteiger partial charge in [-0.1, -0.05) is 30.3 Å². The molecule has 4 heteroatoms. The van der Waals surface area contributed by atoms with E-state index in [1.807, 2.05) is 0 Å². The van der Waals surface area contributed by atoms with Gasteiger partial charge in [0.1, 0.15) is 6.29 Å². The summed E-state index contributed by atoms with van der Waals surface area (Å²) in [5.74, 6) is -0.433. The summed E-state index contributed by atoms with van der Waals surface area (Å²) in [7, 11) is 0. The Labute approximate surface area is 121 Å². The van der Waals surface area contributed by atoms with Gasteiger partial charge in [0.15, 0.2) is 11.6 Å². The zero-order valence-corrected chi connectivity index (χ0v) is 11.1. The molecule has 3 rings (SSSR count). The molecular formula is C17H12O4. The molecular weight excluding hydrogens is 268 g/mol. The van der Waals surface area contributed by atoms with Gasteiger partial charge in [0, 0.05) is 28.7 Å². The van der Waals surface area contributed by atoms with Crippen molar-refractivity contribution >= 4 is 17.9 Å². The molecule has 0 aromatic heterocycles. The number of aldehydes is 1. The Bertz CT molecular complexity index is 761. The molecule has 1 aliphatic rings. The summed E-state index contributed by atoms with van der Waals surface area (Å²) in [5, 5.41) is 9.84. The summed E-state index contributed by atoms with van der Waals surface area (Å²) >= 11 is 0. The maximum atomic E-state index is 12.5. The summed E-state index contributed by atoms with van der Waals surface area (Å²) in [5.41, 5.74) is 1.84. The van der Waals surface area contributed by atoms with E-state index >= 15 is 0 Å². The van der Waals surface area contributed by atoms with Gasteiger partial charge in [-0.25, -0.2) is 0 Å². The first kappa shape index (κ1) is 13.4. The van der Waals surface area contributed by atoms with Gasteiger partial charge in [-0.2, -0.15) is 0 Å². The highest BCUT2D eigenvalue weighted by atomic mass is 16.3. The smallest absolute Gasteiger partial charge is 0.194 e. The maximum Gasteiger partial charge on any atom is 0.194 e. The van der Waals surface area contributed by atoms with E-state index in [-0.39, 0.29) is 23.6 Å². The van der Waals surface area contributed by atoms with Crippen molar-refractivity contribution in [1.82, 2.24) is 0 Å². The third-order valence-corrected chi connectivity index (χ3v) is 3.65. The molecule has 0 amide bonds. The Hall–Kier alpha value is -2.59. The van der Waals surface area contributed by atoms with E-state index in [2.05, 4.69) is 0 Å². The topological polar surface area (TPSA) is 71.4 Å².